The van der Waals surface area contributed by atoms with Gasteiger partial charge in [-0.15, -0.1) is 0 Å². The molecule has 2 N–H and O–H groups in total. The predicted molar refractivity (Wildman–Crippen MR) is 81.4 cm³/mol. The third-order valence-corrected chi connectivity index (χ3v) is 4.10. The topological polar surface area (TPSA) is 47.7 Å². The van der Waals surface area contributed by atoms with Gasteiger partial charge < -0.3 is 15.2 Å². The van der Waals surface area contributed by atoms with Crippen LogP contribution in [0.2, 0.25) is 0 Å². The molecule has 2 rings (SSSR count). The van der Waals surface area contributed by atoms with E-state index < -0.39 is 0 Å². The van der Waals surface area contributed by atoms with Crippen LogP contribution in [0.3, 0.4) is 0 Å². The van der Waals surface area contributed by atoms with E-state index in [0.717, 1.165) is 24.6 Å². The van der Waals surface area contributed by atoms with E-state index in [2.05, 4.69) is 17.0 Å². The van der Waals surface area contributed by atoms with Crippen molar-refractivity contribution in [3.8, 4) is 11.5 Å². The Morgan fingerprint density at radius 3 is 2.25 bits per heavy atom. The molecule has 1 aliphatic rings. The molecule has 1 aromatic carbocycles. The number of methoxy groups -OCH3 is 2. The highest BCUT2D eigenvalue weighted by atomic mass is 16.5. The zero-order valence-corrected chi connectivity index (χ0v) is 12.6. The van der Waals surface area contributed by atoms with Crippen LogP contribution < -0.4 is 15.2 Å². The number of rotatable bonds is 5. The number of hydrogen-bond donors (Lipinski definition) is 1. The van der Waals surface area contributed by atoms with E-state index in [1.807, 2.05) is 6.07 Å². The van der Waals surface area contributed by atoms with Crippen molar-refractivity contribution in [1.82, 2.24) is 4.90 Å². The molecule has 1 aromatic rings. The number of likely N-dealkylation sites (tertiary alicyclic amines) is 1. The summed E-state index contributed by atoms with van der Waals surface area (Å²) in [5.41, 5.74) is 7.25. The van der Waals surface area contributed by atoms with Gasteiger partial charge in [-0.3, -0.25) is 4.90 Å². The Hall–Kier alpha value is -1.26. The molecule has 1 aliphatic heterocycles. The Morgan fingerprint density at radius 2 is 1.70 bits per heavy atom. The monoisotopic (exact) mass is 278 g/mol. The summed E-state index contributed by atoms with van der Waals surface area (Å²) in [4.78, 5) is 2.51. The molecule has 0 amide bonds. The second-order valence-corrected chi connectivity index (χ2v) is 5.32. The van der Waals surface area contributed by atoms with Gasteiger partial charge in [-0.1, -0.05) is 18.9 Å². The molecule has 1 fully saturated rings. The Morgan fingerprint density at radius 1 is 1.05 bits per heavy atom. The highest BCUT2D eigenvalue weighted by Crippen LogP contribution is 2.32. The first-order valence-corrected chi connectivity index (χ1v) is 7.46. The SMILES string of the molecule is COc1ccc([C@@H](CN)N2CCCCCC2)cc1OC. The Balaban J connectivity index is 2.21. The number of hydrogen-bond acceptors (Lipinski definition) is 4. The first-order chi connectivity index (χ1) is 9.80. The van der Waals surface area contributed by atoms with E-state index >= 15 is 0 Å². The minimum Gasteiger partial charge on any atom is -0.493 e. The van der Waals surface area contributed by atoms with Crippen LogP contribution in [0.25, 0.3) is 0 Å². The van der Waals surface area contributed by atoms with Crippen molar-refractivity contribution >= 4 is 0 Å². The molecule has 4 heteroatoms. The Kier molecular flexibility index (Phi) is 5.68. The van der Waals surface area contributed by atoms with Gasteiger partial charge in [0.2, 0.25) is 0 Å². The molecule has 0 saturated carbocycles. The summed E-state index contributed by atoms with van der Waals surface area (Å²) < 4.78 is 10.7. The van der Waals surface area contributed by atoms with E-state index in [-0.39, 0.29) is 6.04 Å². The minimum atomic E-state index is 0.271. The van der Waals surface area contributed by atoms with Gasteiger partial charge in [0.25, 0.3) is 0 Å². The largest absolute Gasteiger partial charge is 0.493 e. The van der Waals surface area contributed by atoms with Gasteiger partial charge in [-0.05, 0) is 43.6 Å². The second kappa shape index (κ2) is 7.50. The maximum Gasteiger partial charge on any atom is 0.161 e. The maximum atomic E-state index is 6.04. The molecule has 0 unspecified atom stereocenters. The van der Waals surface area contributed by atoms with Gasteiger partial charge in [0.15, 0.2) is 11.5 Å². The van der Waals surface area contributed by atoms with E-state index in [1.165, 1.54) is 31.2 Å². The van der Waals surface area contributed by atoms with Crippen LogP contribution in [0.1, 0.15) is 37.3 Å². The first kappa shape index (κ1) is 15.1. The summed E-state index contributed by atoms with van der Waals surface area (Å²) in [5.74, 6) is 1.54. The molecule has 1 saturated heterocycles. The van der Waals surface area contributed by atoms with Gasteiger partial charge >= 0.3 is 0 Å². The van der Waals surface area contributed by atoms with Crippen molar-refractivity contribution in [2.24, 2.45) is 5.73 Å². The van der Waals surface area contributed by atoms with Crippen LogP contribution >= 0.6 is 0 Å². The lowest BCUT2D eigenvalue weighted by Gasteiger charge is -2.30. The molecule has 1 heterocycles. The van der Waals surface area contributed by atoms with Crippen molar-refractivity contribution in [3.05, 3.63) is 23.8 Å². The molecule has 20 heavy (non-hydrogen) atoms. The number of nitrogens with zero attached hydrogens (tertiary/aromatic N) is 1. The predicted octanol–water partition coefficient (Wildman–Crippen LogP) is 2.58. The van der Waals surface area contributed by atoms with Crippen molar-refractivity contribution in [3.63, 3.8) is 0 Å². The summed E-state index contributed by atoms with van der Waals surface area (Å²) in [6.07, 6.45) is 5.20. The van der Waals surface area contributed by atoms with Crippen LogP contribution in [-0.4, -0.2) is 38.8 Å². The molecule has 4 nitrogen and oxygen atoms in total. The zero-order chi connectivity index (χ0) is 14.4. The quantitative estimate of drug-likeness (QED) is 0.899. The summed E-state index contributed by atoms with van der Waals surface area (Å²) in [6.45, 7) is 2.90. The summed E-state index contributed by atoms with van der Waals surface area (Å²) in [5, 5.41) is 0. The van der Waals surface area contributed by atoms with Gasteiger partial charge in [0.1, 0.15) is 0 Å². The summed E-state index contributed by atoms with van der Waals surface area (Å²) >= 11 is 0. The summed E-state index contributed by atoms with van der Waals surface area (Å²) in [7, 11) is 3.33. The lowest BCUT2D eigenvalue weighted by molar-refractivity contribution is 0.209. The molecular formula is C16H26N2O2. The Bertz CT molecular complexity index is 415. The fourth-order valence-electron chi connectivity index (χ4n) is 2.96. The van der Waals surface area contributed by atoms with Gasteiger partial charge in [0.05, 0.1) is 14.2 Å². The standard InChI is InChI=1S/C16H26N2O2/c1-19-15-8-7-13(11-16(15)20-2)14(12-17)18-9-5-3-4-6-10-18/h7-8,11,14H,3-6,9-10,12,17H2,1-2H3/t14-/m1/s1. The molecule has 0 bridgehead atoms. The lowest BCUT2D eigenvalue weighted by Crippen LogP contribution is -2.34. The molecule has 0 radical (unpaired) electrons. The van der Waals surface area contributed by atoms with Crippen LogP contribution in [0.5, 0.6) is 11.5 Å². The van der Waals surface area contributed by atoms with E-state index in [1.54, 1.807) is 14.2 Å². The zero-order valence-electron chi connectivity index (χ0n) is 12.6. The fourth-order valence-corrected chi connectivity index (χ4v) is 2.96. The average Bonchev–Trinajstić information content (AvgIpc) is 2.77. The van der Waals surface area contributed by atoms with Crippen molar-refractivity contribution in [1.29, 1.82) is 0 Å². The van der Waals surface area contributed by atoms with Gasteiger partial charge in [-0.2, -0.15) is 0 Å². The van der Waals surface area contributed by atoms with Crippen LogP contribution in [0.15, 0.2) is 18.2 Å². The molecular weight excluding hydrogens is 252 g/mol. The van der Waals surface area contributed by atoms with E-state index in [4.69, 9.17) is 15.2 Å². The lowest BCUT2D eigenvalue weighted by atomic mass is 10.0. The normalized spacial score (nSPS) is 18.4. The van der Waals surface area contributed by atoms with E-state index in [0.29, 0.717) is 6.54 Å². The van der Waals surface area contributed by atoms with Crippen molar-refractivity contribution < 1.29 is 9.47 Å². The molecule has 0 spiro atoms. The smallest absolute Gasteiger partial charge is 0.161 e. The summed E-state index contributed by atoms with van der Waals surface area (Å²) in [6, 6.07) is 6.40. The number of benzene rings is 1. The van der Waals surface area contributed by atoms with Crippen LogP contribution in [-0.2, 0) is 0 Å². The first-order valence-electron chi connectivity index (χ1n) is 7.46. The fraction of sp³-hybridized carbons (Fsp3) is 0.625. The number of ether oxygens (including phenoxy) is 2. The van der Waals surface area contributed by atoms with Crippen LogP contribution in [0.4, 0.5) is 0 Å². The Labute approximate surface area is 121 Å². The highest BCUT2D eigenvalue weighted by Gasteiger charge is 2.21. The van der Waals surface area contributed by atoms with Gasteiger partial charge in [-0.25, -0.2) is 0 Å². The van der Waals surface area contributed by atoms with E-state index in [9.17, 15) is 0 Å². The molecule has 0 aliphatic carbocycles. The third-order valence-electron chi connectivity index (χ3n) is 4.10. The minimum absolute atomic E-state index is 0.271. The maximum absolute atomic E-state index is 6.04. The third kappa shape index (κ3) is 3.44. The average molecular weight is 278 g/mol. The van der Waals surface area contributed by atoms with Crippen molar-refractivity contribution in [2.75, 3.05) is 33.9 Å². The molecule has 0 aromatic heterocycles. The highest BCUT2D eigenvalue weighted by molar-refractivity contribution is 5.43. The molecule has 112 valence electrons. The second-order valence-electron chi connectivity index (χ2n) is 5.32. The van der Waals surface area contributed by atoms with Gasteiger partial charge in [0, 0.05) is 12.6 Å². The molecule has 1 atom stereocenters. The number of nitrogens with two attached hydrogens (primary N) is 1. The van der Waals surface area contributed by atoms with Crippen LogP contribution in [0, 0.1) is 0 Å². The van der Waals surface area contributed by atoms with Crippen molar-refractivity contribution in [2.45, 2.75) is 31.7 Å².